The fourth-order valence-corrected chi connectivity index (χ4v) is 2.31. The highest BCUT2D eigenvalue weighted by atomic mass is 35.5. The van der Waals surface area contributed by atoms with Crippen molar-refractivity contribution >= 4 is 30.0 Å². The molecule has 0 aromatic heterocycles. The van der Waals surface area contributed by atoms with Gasteiger partial charge in [0.05, 0.1) is 6.54 Å². The third kappa shape index (κ3) is 5.20. The Labute approximate surface area is 137 Å². The largest absolute Gasteiger partial charge is 0.361 e. The number of para-hydroxylation sites is 1. The zero-order valence-corrected chi connectivity index (χ0v) is 13.5. The summed E-state index contributed by atoms with van der Waals surface area (Å²) in [6, 6.07) is 7.58. The molecule has 0 saturated carbocycles. The second kappa shape index (κ2) is 9.27. The van der Waals surface area contributed by atoms with Crippen LogP contribution >= 0.6 is 12.4 Å². The van der Waals surface area contributed by atoms with Gasteiger partial charge in [0, 0.05) is 31.9 Å². The fraction of sp³-hybridized carbons (Fsp3) is 0.467. The summed E-state index contributed by atoms with van der Waals surface area (Å²) in [5, 5.41) is 8.32. The van der Waals surface area contributed by atoms with Crippen molar-refractivity contribution in [2.75, 3.05) is 31.1 Å². The second-order valence-corrected chi connectivity index (χ2v) is 5.03. The Morgan fingerprint density at radius 2 is 2.09 bits per heavy atom. The summed E-state index contributed by atoms with van der Waals surface area (Å²) in [5.74, 6) is -0.291. The Morgan fingerprint density at radius 3 is 2.86 bits per heavy atom. The molecule has 0 bridgehead atoms. The molecular weight excluding hydrogens is 304 g/mol. The van der Waals surface area contributed by atoms with Crippen LogP contribution in [-0.2, 0) is 11.3 Å². The molecule has 7 heteroatoms. The Kier molecular flexibility index (Phi) is 7.70. The average Bonchev–Trinajstić information content (AvgIpc) is 2.68. The van der Waals surface area contributed by atoms with E-state index in [1.807, 2.05) is 36.1 Å². The third-order valence-corrected chi connectivity index (χ3v) is 3.33. The van der Waals surface area contributed by atoms with Crippen molar-refractivity contribution in [3.05, 3.63) is 29.8 Å². The lowest BCUT2D eigenvalue weighted by atomic mass is 10.1. The van der Waals surface area contributed by atoms with Crippen molar-refractivity contribution < 1.29 is 9.59 Å². The molecule has 0 fully saturated rings. The van der Waals surface area contributed by atoms with Crippen LogP contribution in [0.4, 0.5) is 10.5 Å². The van der Waals surface area contributed by atoms with Gasteiger partial charge in [-0.1, -0.05) is 25.1 Å². The van der Waals surface area contributed by atoms with Crippen LogP contribution in [0.5, 0.6) is 0 Å². The van der Waals surface area contributed by atoms with Crippen molar-refractivity contribution in [2.45, 2.75) is 19.9 Å². The van der Waals surface area contributed by atoms with Crippen LogP contribution in [-0.4, -0.2) is 38.1 Å². The number of nitrogens with zero attached hydrogens (tertiary/aromatic N) is 1. The van der Waals surface area contributed by atoms with E-state index in [1.165, 1.54) is 5.56 Å². The lowest BCUT2D eigenvalue weighted by Crippen LogP contribution is -2.45. The molecule has 122 valence electrons. The quantitative estimate of drug-likeness (QED) is 0.778. The number of anilines is 1. The molecule has 0 spiro atoms. The molecule has 0 radical (unpaired) electrons. The molecule has 1 aromatic rings. The summed E-state index contributed by atoms with van der Waals surface area (Å²) in [6.45, 7) is 5.05. The number of amides is 3. The van der Waals surface area contributed by atoms with Gasteiger partial charge in [-0.2, -0.15) is 0 Å². The molecule has 1 heterocycles. The van der Waals surface area contributed by atoms with Gasteiger partial charge in [0.15, 0.2) is 0 Å². The van der Waals surface area contributed by atoms with Crippen LogP contribution in [0.1, 0.15) is 18.9 Å². The van der Waals surface area contributed by atoms with E-state index in [-0.39, 0.29) is 24.9 Å². The summed E-state index contributed by atoms with van der Waals surface area (Å²) in [4.78, 5) is 25.5. The minimum absolute atomic E-state index is 0. The van der Waals surface area contributed by atoms with Gasteiger partial charge in [-0.3, -0.25) is 10.1 Å². The number of halogens is 1. The molecule has 3 amide bonds. The summed E-state index contributed by atoms with van der Waals surface area (Å²) < 4.78 is 0. The minimum Gasteiger partial charge on any atom is -0.361 e. The smallest absolute Gasteiger partial charge is 0.321 e. The highest BCUT2D eigenvalue weighted by Gasteiger charge is 2.18. The normalized spacial score (nSPS) is 13.4. The van der Waals surface area contributed by atoms with Gasteiger partial charge in [-0.15, -0.1) is 12.4 Å². The molecule has 2 rings (SSSR count). The minimum atomic E-state index is -0.428. The standard InChI is InChI=1S/C15H22N4O2.ClH/c1-2-7-17-15(21)18-14(20)11-19-9-8-16-10-12-5-3-4-6-13(12)19;/h3-6,16H,2,7-11H2,1H3,(H2,17,18,20,21);1H. The van der Waals surface area contributed by atoms with E-state index in [1.54, 1.807) is 0 Å². The Balaban J connectivity index is 0.00000242. The number of rotatable bonds is 4. The molecule has 3 N–H and O–H groups in total. The third-order valence-electron chi connectivity index (χ3n) is 3.33. The number of benzene rings is 1. The van der Waals surface area contributed by atoms with E-state index in [4.69, 9.17) is 0 Å². The van der Waals surface area contributed by atoms with Crippen LogP contribution in [0.15, 0.2) is 24.3 Å². The number of carbonyl (C=O) groups is 2. The molecule has 0 atom stereocenters. The van der Waals surface area contributed by atoms with Gasteiger partial charge in [-0.05, 0) is 18.1 Å². The van der Waals surface area contributed by atoms with E-state index in [9.17, 15) is 9.59 Å². The Hall–Kier alpha value is -1.79. The zero-order chi connectivity index (χ0) is 15.1. The van der Waals surface area contributed by atoms with E-state index in [2.05, 4.69) is 16.0 Å². The predicted molar refractivity (Wildman–Crippen MR) is 89.4 cm³/mol. The molecule has 22 heavy (non-hydrogen) atoms. The first kappa shape index (κ1) is 18.3. The van der Waals surface area contributed by atoms with Crippen molar-refractivity contribution in [3.8, 4) is 0 Å². The first-order valence-corrected chi connectivity index (χ1v) is 7.32. The second-order valence-electron chi connectivity index (χ2n) is 5.03. The zero-order valence-electron chi connectivity index (χ0n) is 12.7. The number of hydrogen-bond acceptors (Lipinski definition) is 4. The number of urea groups is 1. The van der Waals surface area contributed by atoms with Crippen LogP contribution in [0.2, 0.25) is 0 Å². The first-order valence-electron chi connectivity index (χ1n) is 7.32. The highest BCUT2D eigenvalue weighted by Crippen LogP contribution is 2.21. The van der Waals surface area contributed by atoms with E-state index >= 15 is 0 Å². The lowest BCUT2D eigenvalue weighted by molar-refractivity contribution is -0.118. The van der Waals surface area contributed by atoms with Crippen LogP contribution in [0.25, 0.3) is 0 Å². The topological polar surface area (TPSA) is 73.5 Å². The number of nitrogens with one attached hydrogen (secondary N) is 3. The van der Waals surface area contributed by atoms with Gasteiger partial charge >= 0.3 is 6.03 Å². The van der Waals surface area contributed by atoms with Gasteiger partial charge in [0.1, 0.15) is 0 Å². The number of carbonyl (C=O) groups excluding carboxylic acids is 2. The molecule has 0 unspecified atom stereocenters. The number of fused-ring (bicyclic) bond motifs is 1. The number of imide groups is 1. The van der Waals surface area contributed by atoms with Crippen LogP contribution < -0.4 is 20.9 Å². The maximum atomic E-state index is 12.0. The van der Waals surface area contributed by atoms with Crippen LogP contribution in [0.3, 0.4) is 0 Å². The highest BCUT2D eigenvalue weighted by molar-refractivity contribution is 5.96. The van der Waals surface area contributed by atoms with Crippen molar-refractivity contribution in [1.82, 2.24) is 16.0 Å². The van der Waals surface area contributed by atoms with Crippen molar-refractivity contribution in [2.24, 2.45) is 0 Å². The van der Waals surface area contributed by atoms with Gasteiger partial charge in [0.2, 0.25) is 5.91 Å². The van der Waals surface area contributed by atoms with Crippen LogP contribution in [0, 0.1) is 0 Å². The summed E-state index contributed by atoms with van der Waals surface area (Å²) in [6.07, 6.45) is 0.840. The van der Waals surface area contributed by atoms with E-state index in [0.717, 1.165) is 31.7 Å². The van der Waals surface area contributed by atoms with Gasteiger partial charge in [0.25, 0.3) is 0 Å². The maximum Gasteiger partial charge on any atom is 0.321 e. The molecule has 1 aliphatic heterocycles. The predicted octanol–water partition coefficient (Wildman–Crippen LogP) is 1.25. The molecule has 1 aromatic carbocycles. The molecule has 6 nitrogen and oxygen atoms in total. The van der Waals surface area contributed by atoms with Crippen molar-refractivity contribution in [3.63, 3.8) is 0 Å². The molecule has 1 aliphatic rings. The molecule has 0 aliphatic carbocycles. The first-order chi connectivity index (χ1) is 10.2. The van der Waals surface area contributed by atoms with Crippen molar-refractivity contribution in [1.29, 1.82) is 0 Å². The summed E-state index contributed by atoms with van der Waals surface area (Å²) in [5.41, 5.74) is 2.21. The monoisotopic (exact) mass is 326 g/mol. The van der Waals surface area contributed by atoms with Gasteiger partial charge in [-0.25, -0.2) is 4.79 Å². The maximum absolute atomic E-state index is 12.0. The fourth-order valence-electron chi connectivity index (χ4n) is 2.31. The van der Waals surface area contributed by atoms with E-state index in [0.29, 0.717) is 6.54 Å². The lowest BCUT2D eigenvalue weighted by Gasteiger charge is -2.23. The Bertz CT molecular complexity index is 510. The Morgan fingerprint density at radius 1 is 1.32 bits per heavy atom. The summed E-state index contributed by atoms with van der Waals surface area (Å²) in [7, 11) is 0. The molecular formula is C15H23ClN4O2. The molecule has 0 saturated heterocycles. The summed E-state index contributed by atoms with van der Waals surface area (Å²) >= 11 is 0. The SMILES string of the molecule is CCCNC(=O)NC(=O)CN1CCNCc2ccccc21.Cl. The average molecular weight is 327 g/mol. The van der Waals surface area contributed by atoms with Gasteiger partial charge < -0.3 is 15.5 Å². The van der Waals surface area contributed by atoms with E-state index < -0.39 is 6.03 Å². The number of hydrogen-bond donors (Lipinski definition) is 3.